The fraction of sp³-hybridized carbons (Fsp3) is 0.786. The maximum absolute atomic E-state index is 10.5. The summed E-state index contributed by atoms with van der Waals surface area (Å²) in [6.45, 7) is 12.2. The average Bonchev–Trinajstić information content (AvgIpc) is 2.16. The van der Waals surface area contributed by atoms with Crippen molar-refractivity contribution in [3.8, 4) is 0 Å². The minimum Gasteiger partial charge on any atom is -0.478 e. The standard InChI is InChI=1S/C8H15NO2.C6H15N/c1-5-7(9(3)4)6(2)8(10)11;1-5(2)7-6(3)4/h5H2,1-4H3,(H,10,11);5-7H,1-4H3/b7-6+;. The summed E-state index contributed by atoms with van der Waals surface area (Å²) >= 11 is 0. The number of nitrogens with zero attached hydrogens (tertiary/aromatic N) is 1. The maximum Gasteiger partial charge on any atom is 0.333 e. The van der Waals surface area contributed by atoms with E-state index in [9.17, 15) is 4.79 Å². The zero-order valence-electron chi connectivity index (χ0n) is 13.2. The van der Waals surface area contributed by atoms with Crippen LogP contribution < -0.4 is 5.32 Å². The van der Waals surface area contributed by atoms with E-state index in [2.05, 4.69) is 33.0 Å². The number of carboxylic acids is 1. The maximum atomic E-state index is 10.5. The molecule has 0 saturated carbocycles. The van der Waals surface area contributed by atoms with Crippen molar-refractivity contribution in [2.75, 3.05) is 14.1 Å². The highest BCUT2D eigenvalue weighted by Gasteiger charge is 2.08. The van der Waals surface area contributed by atoms with E-state index in [1.807, 2.05) is 25.9 Å². The summed E-state index contributed by atoms with van der Waals surface area (Å²) < 4.78 is 0. The molecule has 0 aliphatic carbocycles. The van der Waals surface area contributed by atoms with Crippen LogP contribution in [-0.2, 0) is 4.79 Å². The van der Waals surface area contributed by atoms with Crippen molar-refractivity contribution in [2.45, 2.75) is 60.0 Å². The lowest BCUT2D eigenvalue weighted by Crippen LogP contribution is -2.29. The molecule has 0 amide bonds. The lowest BCUT2D eigenvalue weighted by atomic mass is 10.2. The largest absolute Gasteiger partial charge is 0.478 e. The number of carboxylic acid groups (broad SMARTS) is 1. The number of allylic oxidation sites excluding steroid dienone is 1. The van der Waals surface area contributed by atoms with Gasteiger partial charge in [0.2, 0.25) is 0 Å². The molecule has 0 aromatic rings. The Labute approximate surface area is 112 Å². The third kappa shape index (κ3) is 10.1. The average molecular weight is 258 g/mol. The van der Waals surface area contributed by atoms with Gasteiger partial charge in [-0.2, -0.15) is 0 Å². The summed E-state index contributed by atoms with van der Waals surface area (Å²) in [7, 11) is 3.70. The summed E-state index contributed by atoms with van der Waals surface area (Å²) in [5.41, 5.74) is 1.30. The zero-order chi connectivity index (χ0) is 14.9. The second kappa shape index (κ2) is 9.95. The van der Waals surface area contributed by atoms with Crippen molar-refractivity contribution in [3.05, 3.63) is 11.3 Å². The van der Waals surface area contributed by atoms with Gasteiger partial charge in [0, 0.05) is 31.9 Å². The second-order valence-electron chi connectivity index (χ2n) is 5.10. The van der Waals surface area contributed by atoms with Gasteiger partial charge in [-0.05, 0) is 13.3 Å². The Kier molecular flexibility index (Phi) is 10.7. The first kappa shape index (κ1) is 19.3. The Balaban J connectivity index is 0. The molecule has 4 nitrogen and oxygen atoms in total. The minimum absolute atomic E-state index is 0.428. The van der Waals surface area contributed by atoms with Crippen LogP contribution in [0.4, 0.5) is 0 Å². The summed E-state index contributed by atoms with van der Waals surface area (Å²) in [6.07, 6.45) is 0.755. The van der Waals surface area contributed by atoms with E-state index >= 15 is 0 Å². The zero-order valence-corrected chi connectivity index (χ0v) is 13.2. The van der Waals surface area contributed by atoms with Gasteiger partial charge in [0.15, 0.2) is 0 Å². The first-order chi connectivity index (χ1) is 8.13. The van der Waals surface area contributed by atoms with E-state index in [0.717, 1.165) is 12.1 Å². The molecular formula is C14H30N2O2. The quantitative estimate of drug-likeness (QED) is 0.745. The normalized spacial score (nSPS) is 11.9. The molecule has 0 unspecified atom stereocenters. The van der Waals surface area contributed by atoms with E-state index in [4.69, 9.17) is 5.11 Å². The Hall–Kier alpha value is -1.03. The molecule has 0 radical (unpaired) electrons. The SMILES string of the molecule is CC(C)NC(C)C.CC/C(=C(/C)C(=O)O)N(C)C. The minimum atomic E-state index is -0.837. The molecule has 0 fully saturated rings. The van der Waals surface area contributed by atoms with E-state index in [1.54, 1.807) is 6.92 Å². The molecule has 0 atom stereocenters. The first-order valence-corrected chi connectivity index (χ1v) is 6.49. The molecule has 18 heavy (non-hydrogen) atoms. The number of aliphatic carboxylic acids is 1. The third-order valence-corrected chi connectivity index (χ3v) is 2.30. The van der Waals surface area contributed by atoms with Crippen molar-refractivity contribution in [2.24, 2.45) is 0 Å². The van der Waals surface area contributed by atoms with Gasteiger partial charge < -0.3 is 15.3 Å². The fourth-order valence-corrected chi connectivity index (χ4v) is 1.71. The van der Waals surface area contributed by atoms with Crippen LogP contribution in [0, 0.1) is 0 Å². The predicted octanol–water partition coefficient (Wildman–Crippen LogP) is 2.71. The molecule has 0 aliphatic heterocycles. The van der Waals surface area contributed by atoms with Crippen LogP contribution in [0.2, 0.25) is 0 Å². The Bertz CT molecular complexity index is 263. The molecule has 0 spiro atoms. The summed E-state index contributed by atoms with van der Waals surface area (Å²) in [5, 5.41) is 12.0. The van der Waals surface area contributed by atoms with Crippen LogP contribution in [0.1, 0.15) is 48.0 Å². The molecular weight excluding hydrogens is 228 g/mol. The molecule has 0 rings (SSSR count). The molecule has 4 heteroatoms. The van der Waals surface area contributed by atoms with E-state index < -0.39 is 5.97 Å². The number of hydrogen-bond donors (Lipinski definition) is 2. The number of carbonyl (C=O) groups is 1. The van der Waals surface area contributed by atoms with Crippen LogP contribution in [-0.4, -0.2) is 42.2 Å². The van der Waals surface area contributed by atoms with Gasteiger partial charge in [0.25, 0.3) is 0 Å². The van der Waals surface area contributed by atoms with Crippen LogP contribution in [0.25, 0.3) is 0 Å². The smallest absolute Gasteiger partial charge is 0.333 e. The molecule has 0 aliphatic rings. The van der Waals surface area contributed by atoms with Crippen molar-refractivity contribution < 1.29 is 9.90 Å². The van der Waals surface area contributed by atoms with Gasteiger partial charge in [0.1, 0.15) is 0 Å². The van der Waals surface area contributed by atoms with Crippen molar-refractivity contribution >= 4 is 5.97 Å². The Morgan fingerprint density at radius 1 is 1.17 bits per heavy atom. The molecule has 2 N–H and O–H groups in total. The second-order valence-corrected chi connectivity index (χ2v) is 5.10. The monoisotopic (exact) mass is 258 g/mol. The molecule has 0 saturated heterocycles. The number of rotatable bonds is 5. The summed E-state index contributed by atoms with van der Waals surface area (Å²) in [4.78, 5) is 12.4. The first-order valence-electron chi connectivity index (χ1n) is 6.49. The third-order valence-electron chi connectivity index (χ3n) is 2.30. The Morgan fingerprint density at radius 2 is 1.56 bits per heavy atom. The van der Waals surface area contributed by atoms with Gasteiger partial charge in [0.05, 0.1) is 5.57 Å². The molecule has 0 heterocycles. The van der Waals surface area contributed by atoms with Crippen molar-refractivity contribution in [1.82, 2.24) is 10.2 Å². The fourth-order valence-electron chi connectivity index (χ4n) is 1.71. The molecule has 0 bridgehead atoms. The molecule has 0 aromatic carbocycles. The number of hydrogen-bond acceptors (Lipinski definition) is 3. The van der Waals surface area contributed by atoms with E-state index in [-0.39, 0.29) is 0 Å². The summed E-state index contributed by atoms with van der Waals surface area (Å²) in [5.74, 6) is -0.837. The van der Waals surface area contributed by atoms with E-state index in [1.165, 1.54) is 0 Å². The predicted molar refractivity (Wildman–Crippen MR) is 77.7 cm³/mol. The van der Waals surface area contributed by atoms with E-state index in [0.29, 0.717) is 17.7 Å². The van der Waals surface area contributed by atoms with Gasteiger partial charge in [-0.25, -0.2) is 4.79 Å². The van der Waals surface area contributed by atoms with Crippen LogP contribution in [0.15, 0.2) is 11.3 Å². The van der Waals surface area contributed by atoms with Gasteiger partial charge >= 0.3 is 5.97 Å². The topological polar surface area (TPSA) is 52.6 Å². The Morgan fingerprint density at radius 3 is 1.61 bits per heavy atom. The van der Waals surface area contributed by atoms with Gasteiger partial charge in [-0.3, -0.25) is 0 Å². The van der Waals surface area contributed by atoms with Crippen molar-refractivity contribution in [1.29, 1.82) is 0 Å². The lowest BCUT2D eigenvalue weighted by molar-refractivity contribution is -0.132. The highest BCUT2D eigenvalue weighted by atomic mass is 16.4. The highest BCUT2D eigenvalue weighted by Crippen LogP contribution is 2.10. The summed E-state index contributed by atoms with van der Waals surface area (Å²) in [6, 6.07) is 1.25. The molecule has 0 aromatic heterocycles. The number of nitrogens with one attached hydrogen (secondary N) is 1. The van der Waals surface area contributed by atoms with Gasteiger partial charge in [-0.1, -0.05) is 34.6 Å². The van der Waals surface area contributed by atoms with Gasteiger partial charge in [-0.15, -0.1) is 0 Å². The lowest BCUT2D eigenvalue weighted by Gasteiger charge is -2.17. The van der Waals surface area contributed by atoms with Crippen LogP contribution >= 0.6 is 0 Å². The van der Waals surface area contributed by atoms with Crippen molar-refractivity contribution in [3.63, 3.8) is 0 Å². The molecule has 108 valence electrons. The van der Waals surface area contributed by atoms with Crippen LogP contribution in [0.3, 0.4) is 0 Å². The highest BCUT2D eigenvalue weighted by molar-refractivity contribution is 5.86. The van der Waals surface area contributed by atoms with Crippen LogP contribution in [0.5, 0.6) is 0 Å².